The SMILES string of the molecule is O=C(Nc1ccc(-n2ccnc2)c(Cl)c1)C1CCCCN1S(=O)(=O)c1ccccc1. The minimum Gasteiger partial charge on any atom is -0.325 e. The third-order valence-electron chi connectivity index (χ3n) is 5.10. The van der Waals surface area contributed by atoms with Gasteiger partial charge in [-0.1, -0.05) is 36.2 Å². The van der Waals surface area contributed by atoms with Gasteiger partial charge >= 0.3 is 0 Å². The van der Waals surface area contributed by atoms with Crippen LogP contribution >= 0.6 is 11.6 Å². The molecule has 156 valence electrons. The fourth-order valence-electron chi connectivity index (χ4n) is 3.60. The summed E-state index contributed by atoms with van der Waals surface area (Å²) in [5, 5.41) is 3.27. The lowest BCUT2D eigenvalue weighted by Gasteiger charge is -2.33. The van der Waals surface area contributed by atoms with Gasteiger partial charge in [0.1, 0.15) is 6.04 Å². The molecule has 1 amide bonds. The van der Waals surface area contributed by atoms with Crippen molar-refractivity contribution < 1.29 is 13.2 Å². The zero-order chi connectivity index (χ0) is 21.1. The topological polar surface area (TPSA) is 84.3 Å². The number of rotatable bonds is 5. The number of nitrogens with one attached hydrogen (secondary N) is 1. The summed E-state index contributed by atoms with van der Waals surface area (Å²) in [6.07, 6.45) is 7.04. The zero-order valence-corrected chi connectivity index (χ0v) is 17.7. The Hall–Kier alpha value is -2.68. The van der Waals surface area contributed by atoms with Gasteiger partial charge in [-0.3, -0.25) is 4.79 Å². The molecule has 7 nitrogen and oxygen atoms in total. The number of carbonyl (C=O) groups excluding carboxylic acids is 1. The van der Waals surface area contributed by atoms with Crippen molar-refractivity contribution in [1.29, 1.82) is 0 Å². The van der Waals surface area contributed by atoms with E-state index in [0.29, 0.717) is 23.7 Å². The van der Waals surface area contributed by atoms with Gasteiger partial charge in [0, 0.05) is 24.6 Å². The quantitative estimate of drug-likeness (QED) is 0.650. The van der Waals surface area contributed by atoms with Crippen LogP contribution in [0.1, 0.15) is 19.3 Å². The van der Waals surface area contributed by atoms with E-state index in [2.05, 4.69) is 10.3 Å². The van der Waals surface area contributed by atoms with E-state index in [9.17, 15) is 13.2 Å². The first kappa shape index (κ1) is 20.6. The van der Waals surface area contributed by atoms with Crippen LogP contribution in [-0.2, 0) is 14.8 Å². The van der Waals surface area contributed by atoms with Crippen molar-refractivity contribution in [2.24, 2.45) is 0 Å². The van der Waals surface area contributed by atoms with Crippen LogP contribution in [-0.4, -0.2) is 40.8 Å². The Morgan fingerprint density at radius 3 is 2.63 bits per heavy atom. The van der Waals surface area contributed by atoms with E-state index in [1.807, 2.05) is 0 Å². The molecule has 1 atom stereocenters. The lowest BCUT2D eigenvalue weighted by Crippen LogP contribution is -2.49. The van der Waals surface area contributed by atoms with Crippen LogP contribution in [0.15, 0.2) is 72.1 Å². The van der Waals surface area contributed by atoms with Gasteiger partial charge in [0.05, 0.1) is 21.9 Å². The fourth-order valence-corrected chi connectivity index (χ4v) is 5.56. The molecule has 0 radical (unpaired) electrons. The number of nitrogens with zero attached hydrogens (tertiary/aromatic N) is 3. The molecule has 9 heteroatoms. The number of anilines is 1. The lowest BCUT2D eigenvalue weighted by atomic mass is 10.0. The molecular formula is C21H21ClN4O3S. The molecule has 1 saturated heterocycles. The van der Waals surface area contributed by atoms with Crippen molar-refractivity contribution in [2.45, 2.75) is 30.2 Å². The predicted molar refractivity (Wildman–Crippen MR) is 115 cm³/mol. The summed E-state index contributed by atoms with van der Waals surface area (Å²) in [6.45, 7) is 0.315. The molecule has 0 saturated carbocycles. The van der Waals surface area contributed by atoms with Crippen LogP contribution in [0.25, 0.3) is 5.69 Å². The van der Waals surface area contributed by atoms with E-state index in [4.69, 9.17) is 11.6 Å². The van der Waals surface area contributed by atoms with E-state index in [1.165, 1.54) is 4.31 Å². The largest absolute Gasteiger partial charge is 0.325 e. The van der Waals surface area contributed by atoms with E-state index in [1.54, 1.807) is 71.8 Å². The van der Waals surface area contributed by atoms with E-state index >= 15 is 0 Å². The van der Waals surface area contributed by atoms with Gasteiger partial charge in [0.25, 0.3) is 0 Å². The minimum absolute atomic E-state index is 0.192. The molecule has 4 rings (SSSR count). The number of imidazole rings is 1. The molecule has 3 aromatic rings. The Kier molecular flexibility index (Phi) is 5.90. The van der Waals surface area contributed by atoms with Crippen molar-refractivity contribution in [1.82, 2.24) is 13.9 Å². The highest BCUT2D eigenvalue weighted by Crippen LogP contribution is 2.28. The first-order chi connectivity index (χ1) is 14.5. The number of piperidine rings is 1. The first-order valence-corrected chi connectivity index (χ1v) is 11.4. The van der Waals surface area contributed by atoms with Gasteiger partial charge in [-0.2, -0.15) is 4.31 Å². The molecular weight excluding hydrogens is 424 g/mol. The smallest absolute Gasteiger partial charge is 0.243 e. The number of hydrogen-bond acceptors (Lipinski definition) is 4. The normalized spacial score (nSPS) is 17.6. The Morgan fingerprint density at radius 1 is 1.13 bits per heavy atom. The number of carbonyl (C=O) groups is 1. The summed E-state index contributed by atoms with van der Waals surface area (Å²) < 4.78 is 29.3. The highest BCUT2D eigenvalue weighted by atomic mass is 35.5. The Balaban J connectivity index is 1.55. The van der Waals surface area contributed by atoms with Crippen LogP contribution in [0.2, 0.25) is 5.02 Å². The fraction of sp³-hybridized carbons (Fsp3) is 0.238. The Morgan fingerprint density at radius 2 is 1.93 bits per heavy atom. The molecule has 1 N–H and O–H groups in total. The summed E-state index contributed by atoms with van der Waals surface area (Å²) in [7, 11) is -3.76. The van der Waals surface area contributed by atoms with Gasteiger partial charge in [-0.05, 0) is 43.2 Å². The maximum atomic E-state index is 13.1. The molecule has 0 bridgehead atoms. The molecule has 1 aliphatic heterocycles. The second-order valence-corrected chi connectivity index (χ2v) is 9.36. The molecule has 1 unspecified atom stereocenters. The Bertz CT molecular complexity index is 1130. The number of amides is 1. The van der Waals surface area contributed by atoms with Crippen LogP contribution in [0, 0.1) is 0 Å². The molecule has 2 heterocycles. The van der Waals surface area contributed by atoms with Gasteiger partial charge in [-0.25, -0.2) is 13.4 Å². The summed E-state index contributed by atoms with van der Waals surface area (Å²) in [4.78, 5) is 17.2. The van der Waals surface area contributed by atoms with Crippen LogP contribution in [0.5, 0.6) is 0 Å². The number of hydrogen-bond donors (Lipinski definition) is 1. The zero-order valence-electron chi connectivity index (χ0n) is 16.1. The predicted octanol–water partition coefficient (Wildman–Crippen LogP) is 3.71. The van der Waals surface area contributed by atoms with Crippen molar-refractivity contribution in [3.8, 4) is 5.69 Å². The summed E-state index contributed by atoms with van der Waals surface area (Å²) in [5.74, 6) is -0.361. The van der Waals surface area contributed by atoms with Crippen LogP contribution in [0.4, 0.5) is 5.69 Å². The minimum atomic E-state index is -3.76. The van der Waals surface area contributed by atoms with E-state index in [0.717, 1.165) is 18.5 Å². The number of sulfonamides is 1. The number of benzene rings is 2. The summed E-state index contributed by atoms with van der Waals surface area (Å²) >= 11 is 6.37. The van der Waals surface area contributed by atoms with Gasteiger partial charge in [0.15, 0.2) is 0 Å². The molecule has 1 aromatic heterocycles. The monoisotopic (exact) mass is 444 g/mol. The van der Waals surface area contributed by atoms with E-state index in [-0.39, 0.29) is 10.8 Å². The summed E-state index contributed by atoms with van der Waals surface area (Å²) in [6, 6.07) is 12.6. The lowest BCUT2D eigenvalue weighted by molar-refractivity contribution is -0.120. The molecule has 0 spiro atoms. The van der Waals surface area contributed by atoms with Crippen molar-refractivity contribution in [2.75, 3.05) is 11.9 Å². The van der Waals surface area contributed by atoms with Gasteiger partial charge in [-0.15, -0.1) is 0 Å². The van der Waals surface area contributed by atoms with Crippen LogP contribution in [0.3, 0.4) is 0 Å². The third-order valence-corrected chi connectivity index (χ3v) is 7.33. The van der Waals surface area contributed by atoms with Crippen LogP contribution < -0.4 is 5.32 Å². The highest BCUT2D eigenvalue weighted by molar-refractivity contribution is 7.89. The number of halogens is 1. The maximum absolute atomic E-state index is 13.1. The molecule has 2 aromatic carbocycles. The average Bonchev–Trinajstić information content (AvgIpc) is 3.29. The second-order valence-electron chi connectivity index (χ2n) is 7.07. The van der Waals surface area contributed by atoms with Crippen molar-refractivity contribution in [3.63, 3.8) is 0 Å². The molecule has 0 aliphatic carbocycles. The number of aromatic nitrogens is 2. The molecule has 30 heavy (non-hydrogen) atoms. The average molecular weight is 445 g/mol. The molecule has 1 fully saturated rings. The van der Waals surface area contributed by atoms with E-state index < -0.39 is 16.1 Å². The third kappa shape index (κ3) is 4.12. The van der Waals surface area contributed by atoms with Gasteiger partial charge < -0.3 is 9.88 Å². The first-order valence-electron chi connectivity index (χ1n) is 9.62. The van der Waals surface area contributed by atoms with Crippen molar-refractivity contribution in [3.05, 3.63) is 72.3 Å². The maximum Gasteiger partial charge on any atom is 0.243 e. The van der Waals surface area contributed by atoms with Gasteiger partial charge in [0.2, 0.25) is 15.9 Å². The summed E-state index contributed by atoms with van der Waals surface area (Å²) in [5.41, 5.74) is 1.25. The highest BCUT2D eigenvalue weighted by Gasteiger charge is 2.37. The standard InChI is InChI=1S/C21H21ClN4O3S/c22-18-14-16(9-10-19(18)25-13-11-23-15-25)24-21(27)20-8-4-5-12-26(20)30(28,29)17-6-2-1-3-7-17/h1-3,6-7,9-11,13-15,20H,4-5,8,12H2,(H,24,27). The second kappa shape index (κ2) is 8.59. The Labute approximate surface area is 180 Å². The van der Waals surface area contributed by atoms with Crippen molar-refractivity contribution >= 4 is 33.2 Å². The molecule has 1 aliphatic rings.